The van der Waals surface area contributed by atoms with Crippen LogP contribution in [0, 0.1) is 10.1 Å². The van der Waals surface area contributed by atoms with E-state index in [1.807, 2.05) is 0 Å². The van der Waals surface area contributed by atoms with Gasteiger partial charge < -0.3 is 5.32 Å². The Kier molecular flexibility index (Phi) is 2.92. The van der Waals surface area contributed by atoms with E-state index < -0.39 is 4.92 Å². The fraction of sp³-hybridized carbons (Fsp3) is 0.231. The molecular formula is C13H12N4O2. The molecule has 6 nitrogen and oxygen atoms in total. The third kappa shape index (κ3) is 2.30. The van der Waals surface area contributed by atoms with Gasteiger partial charge in [0.2, 0.25) is 0 Å². The second-order valence-electron chi connectivity index (χ2n) is 4.40. The van der Waals surface area contributed by atoms with Crippen LogP contribution in [0.1, 0.15) is 11.3 Å². The molecule has 0 fully saturated rings. The second kappa shape index (κ2) is 4.74. The predicted molar refractivity (Wildman–Crippen MR) is 69.5 cm³/mol. The Morgan fingerprint density at radius 3 is 3.11 bits per heavy atom. The zero-order valence-electron chi connectivity index (χ0n) is 10.2. The number of nitro groups is 1. The Labute approximate surface area is 109 Å². The van der Waals surface area contributed by atoms with Crippen molar-refractivity contribution in [3.63, 3.8) is 0 Å². The molecule has 2 aromatic rings. The predicted octanol–water partition coefficient (Wildman–Crippen LogP) is 1.70. The van der Waals surface area contributed by atoms with Crippen molar-refractivity contribution in [2.45, 2.75) is 13.0 Å². The smallest absolute Gasteiger partial charge is 0.270 e. The molecule has 0 radical (unpaired) electrons. The van der Waals surface area contributed by atoms with Crippen LogP contribution in [-0.2, 0) is 13.0 Å². The van der Waals surface area contributed by atoms with Crippen LogP contribution in [0.4, 0.5) is 5.69 Å². The van der Waals surface area contributed by atoms with Crippen LogP contribution >= 0.6 is 0 Å². The summed E-state index contributed by atoms with van der Waals surface area (Å²) in [4.78, 5) is 19.2. The Hall–Kier alpha value is -2.34. The minimum Gasteiger partial charge on any atom is -0.312 e. The van der Waals surface area contributed by atoms with E-state index >= 15 is 0 Å². The molecule has 3 rings (SSSR count). The summed E-state index contributed by atoms with van der Waals surface area (Å²) in [5.41, 5.74) is 2.85. The van der Waals surface area contributed by atoms with Crippen molar-refractivity contribution in [2.75, 3.05) is 6.54 Å². The van der Waals surface area contributed by atoms with E-state index in [0.717, 1.165) is 30.8 Å². The fourth-order valence-electron chi connectivity index (χ4n) is 2.13. The Morgan fingerprint density at radius 1 is 1.37 bits per heavy atom. The molecule has 0 bridgehead atoms. The van der Waals surface area contributed by atoms with E-state index in [1.54, 1.807) is 18.3 Å². The zero-order valence-corrected chi connectivity index (χ0v) is 10.2. The van der Waals surface area contributed by atoms with Gasteiger partial charge in [-0.25, -0.2) is 9.97 Å². The first-order valence-corrected chi connectivity index (χ1v) is 6.04. The lowest BCUT2D eigenvalue weighted by atomic mass is 10.1. The summed E-state index contributed by atoms with van der Waals surface area (Å²) < 4.78 is 0. The molecule has 0 atom stereocenters. The van der Waals surface area contributed by atoms with Gasteiger partial charge in [0.25, 0.3) is 5.69 Å². The van der Waals surface area contributed by atoms with Crippen molar-refractivity contribution < 1.29 is 4.92 Å². The van der Waals surface area contributed by atoms with Crippen LogP contribution in [0.3, 0.4) is 0 Å². The number of nitrogens with zero attached hydrogens (tertiary/aromatic N) is 3. The topological polar surface area (TPSA) is 81.0 Å². The van der Waals surface area contributed by atoms with Gasteiger partial charge in [0.1, 0.15) is 0 Å². The van der Waals surface area contributed by atoms with Crippen molar-refractivity contribution in [2.24, 2.45) is 0 Å². The van der Waals surface area contributed by atoms with Crippen LogP contribution in [0.25, 0.3) is 11.4 Å². The molecule has 1 N–H and O–H groups in total. The molecule has 96 valence electrons. The average Bonchev–Trinajstić information content (AvgIpc) is 2.47. The minimum absolute atomic E-state index is 0.0560. The number of rotatable bonds is 2. The first-order chi connectivity index (χ1) is 9.24. The molecule has 1 aromatic heterocycles. The van der Waals surface area contributed by atoms with Gasteiger partial charge >= 0.3 is 0 Å². The van der Waals surface area contributed by atoms with E-state index in [1.165, 1.54) is 12.1 Å². The molecule has 0 saturated heterocycles. The van der Waals surface area contributed by atoms with E-state index in [9.17, 15) is 10.1 Å². The summed E-state index contributed by atoms with van der Waals surface area (Å²) in [5, 5.41) is 14.0. The quantitative estimate of drug-likeness (QED) is 0.653. The maximum absolute atomic E-state index is 10.8. The molecule has 0 unspecified atom stereocenters. The van der Waals surface area contributed by atoms with Crippen LogP contribution in [0.15, 0.2) is 30.5 Å². The number of hydrogen-bond acceptors (Lipinski definition) is 5. The summed E-state index contributed by atoms with van der Waals surface area (Å²) in [6.07, 6.45) is 2.66. The largest absolute Gasteiger partial charge is 0.312 e. The molecule has 0 saturated carbocycles. The van der Waals surface area contributed by atoms with Gasteiger partial charge in [-0.3, -0.25) is 10.1 Å². The highest BCUT2D eigenvalue weighted by Crippen LogP contribution is 2.22. The van der Waals surface area contributed by atoms with Crippen molar-refractivity contribution in [1.29, 1.82) is 0 Å². The first-order valence-electron chi connectivity index (χ1n) is 6.04. The minimum atomic E-state index is -0.411. The van der Waals surface area contributed by atoms with Gasteiger partial charge in [0.15, 0.2) is 5.82 Å². The van der Waals surface area contributed by atoms with Crippen LogP contribution in [0.5, 0.6) is 0 Å². The number of nitro benzene ring substituents is 1. The molecular weight excluding hydrogens is 244 g/mol. The molecule has 19 heavy (non-hydrogen) atoms. The van der Waals surface area contributed by atoms with E-state index in [0.29, 0.717) is 11.4 Å². The van der Waals surface area contributed by atoms with E-state index in [4.69, 9.17) is 0 Å². The third-order valence-corrected chi connectivity index (χ3v) is 3.12. The highest BCUT2D eigenvalue weighted by atomic mass is 16.6. The van der Waals surface area contributed by atoms with Crippen molar-refractivity contribution >= 4 is 5.69 Å². The average molecular weight is 256 g/mol. The molecule has 0 aliphatic carbocycles. The maximum atomic E-state index is 10.8. The summed E-state index contributed by atoms with van der Waals surface area (Å²) in [6.45, 7) is 1.68. The van der Waals surface area contributed by atoms with Crippen molar-refractivity contribution in [3.05, 3.63) is 51.8 Å². The summed E-state index contributed by atoms with van der Waals surface area (Å²) in [6, 6.07) is 6.41. The number of nitrogens with one attached hydrogen (secondary N) is 1. The second-order valence-corrected chi connectivity index (χ2v) is 4.40. The summed E-state index contributed by atoms with van der Waals surface area (Å²) in [7, 11) is 0. The molecule has 1 aliphatic rings. The fourth-order valence-corrected chi connectivity index (χ4v) is 2.13. The van der Waals surface area contributed by atoms with Crippen LogP contribution < -0.4 is 5.32 Å². The van der Waals surface area contributed by atoms with Gasteiger partial charge in [-0.15, -0.1) is 0 Å². The SMILES string of the molecule is O=[N+]([O-])c1cccc(-c2ncc3c(n2)CCNC3)c1. The van der Waals surface area contributed by atoms with Crippen LogP contribution in [-0.4, -0.2) is 21.4 Å². The van der Waals surface area contributed by atoms with E-state index in [2.05, 4.69) is 15.3 Å². The Balaban J connectivity index is 2.02. The first kappa shape index (κ1) is 11.7. The number of aromatic nitrogens is 2. The number of fused-ring (bicyclic) bond motifs is 1. The Bertz CT molecular complexity index is 642. The molecule has 6 heteroatoms. The number of benzene rings is 1. The van der Waals surface area contributed by atoms with Gasteiger partial charge in [-0.1, -0.05) is 12.1 Å². The maximum Gasteiger partial charge on any atom is 0.270 e. The molecule has 1 aromatic carbocycles. The van der Waals surface area contributed by atoms with E-state index in [-0.39, 0.29) is 5.69 Å². The van der Waals surface area contributed by atoms with Gasteiger partial charge in [0.05, 0.1) is 10.6 Å². The number of hydrogen-bond donors (Lipinski definition) is 1. The highest BCUT2D eigenvalue weighted by molar-refractivity contribution is 5.59. The van der Waals surface area contributed by atoms with Crippen LogP contribution in [0.2, 0.25) is 0 Å². The summed E-state index contributed by atoms with van der Waals surface area (Å²) >= 11 is 0. The van der Waals surface area contributed by atoms with Crippen molar-refractivity contribution in [3.8, 4) is 11.4 Å². The Morgan fingerprint density at radius 2 is 2.26 bits per heavy atom. The lowest BCUT2D eigenvalue weighted by Gasteiger charge is -2.15. The lowest BCUT2D eigenvalue weighted by molar-refractivity contribution is -0.384. The summed E-state index contributed by atoms with van der Waals surface area (Å²) in [5.74, 6) is 0.546. The molecule has 2 heterocycles. The van der Waals surface area contributed by atoms with Gasteiger partial charge in [-0.2, -0.15) is 0 Å². The van der Waals surface area contributed by atoms with Gasteiger partial charge in [0, 0.05) is 49.0 Å². The van der Waals surface area contributed by atoms with Crippen molar-refractivity contribution in [1.82, 2.24) is 15.3 Å². The zero-order chi connectivity index (χ0) is 13.2. The lowest BCUT2D eigenvalue weighted by Crippen LogP contribution is -2.24. The molecule has 1 aliphatic heterocycles. The molecule has 0 spiro atoms. The number of non-ortho nitro benzene ring substituents is 1. The normalized spacial score (nSPS) is 13.9. The monoisotopic (exact) mass is 256 g/mol. The third-order valence-electron chi connectivity index (χ3n) is 3.12. The van der Waals surface area contributed by atoms with Gasteiger partial charge in [-0.05, 0) is 0 Å². The highest BCUT2D eigenvalue weighted by Gasteiger charge is 2.14. The standard InChI is InChI=1S/C13H12N4O2/c18-17(19)11-3-1-2-9(6-11)13-15-8-10-7-14-5-4-12(10)16-13/h1-3,6,8,14H,4-5,7H2. The molecule has 0 amide bonds.